The number of anilines is 1. The van der Waals surface area contributed by atoms with Crippen molar-refractivity contribution in [1.82, 2.24) is 9.80 Å². The first-order chi connectivity index (χ1) is 13.7. The lowest BCUT2D eigenvalue weighted by Gasteiger charge is -2.34. The Morgan fingerprint density at radius 3 is 2.46 bits per heavy atom. The smallest absolute Gasteiger partial charge is 0.322 e. The van der Waals surface area contributed by atoms with Gasteiger partial charge in [0.05, 0.1) is 19.9 Å². The maximum atomic E-state index is 12.6. The number of hydrogen-bond acceptors (Lipinski definition) is 4. The van der Waals surface area contributed by atoms with E-state index in [0.717, 1.165) is 19.6 Å². The molecule has 0 spiro atoms. The molecule has 2 aromatic carbocycles. The van der Waals surface area contributed by atoms with Gasteiger partial charge in [-0.15, -0.1) is 0 Å². The zero-order valence-electron chi connectivity index (χ0n) is 16.4. The summed E-state index contributed by atoms with van der Waals surface area (Å²) in [6, 6.07) is 15.5. The molecule has 0 aromatic heterocycles. The summed E-state index contributed by atoms with van der Waals surface area (Å²) < 4.78 is 10.5. The van der Waals surface area contributed by atoms with Gasteiger partial charge in [-0.05, 0) is 17.7 Å². The van der Waals surface area contributed by atoms with E-state index in [0.29, 0.717) is 30.3 Å². The van der Waals surface area contributed by atoms with Crippen molar-refractivity contribution in [3.05, 3.63) is 60.2 Å². The highest BCUT2D eigenvalue weighted by atomic mass is 16.5. The quantitative estimate of drug-likeness (QED) is 0.831. The molecule has 6 nitrogen and oxygen atoms in total. The molecule has 1 aliphatic rings. The molecule has 0 radical (unpaired) electrons. The second-order valence-electron chi connectivity index (χ2n) is 6.60. The monoisotopic (exact) mass is 381 g/mol. The SMILES string of the molecule is COc1ccc(NC(=O)N2CCN(CC=Cc3ccccc3)CC2)c(OC)c1. The van der Waals surface area contributed by atoms with Crippen LogP contribution in [0.25, 0.3) is 6.08 Å². The van der Waals surface area contributed by atoms with Crippen LogP contribution in [0.4, 0.5) is 10.5 Å². The molecule has 1 aliphatic heterocycles. The molecular weight excluding hydrogens is 354 g/mol. The number of benzene rings is 2. The molecule has 2 aromatic rings. The Morgan fingerprint density at radius 1 is 1.04 bits per heavy atom. The lowest BCUT2D eigenvalue weighted by Crippen LogP contribution is -2.49. The Morgan fingerprint density at radius 2 is 1.79 bits per heavy atom. The summed E-state index contributed by atoms with van der Waals surface area (Å²) in [5.74, 6) is 1.27. The Labute approximate surface area is 166 Å². The fourth-order valence-electron chi connectivity index (χ4n) is 3.13. The predicted molar refractivity (Wildman–Crippen MR) is 112 cm³/mol. The molecule has 28 heavy (non-hydrogen) atoms. The summed E-state index contributed by atoms with van der Waals surface area (Å²) in [6.07, 6.45) is 4.31. The molecule has 3 rings (SSSR count). The summed E-state index contributed by atoms with van der Waals surface area (Å²) in [6.45, 7) is 3.99. The van der Waals surface area contributed by atoms with Crippen molar-refractivity contribution in [1.29, 1.82) is 0 Å². The third-order valence-electron chi connectivity index (χ3n) is 4.78. The van der Waals surface area contributed by atoms with Gasteiger partial charge in [-0.2, -0.15) is 0 Å². The number of ether oxygens (including phenoxy) is 2. The van der Waals surface area contributed by atoms with Crippen LogP contribution in [-0.2, 0) is 0 Å². The van der Waals surface area contributed by atoms with E-state index >= 15 is 0 Å². The minimum absolute atomic E-state index is 0.108. The van der Waals surface area contributed by atoms with Crippen molar-refractivity contribution in [2.24, 2.45) is 0 Å². The molecule has 0 atom stereocenters. The maximum absolute atomic E-state index is 12.6. The van der Waals surface area contributed by atoms with Gasteiger partial charge in [0, 0.05) is 38.8 Å². The first-order valence-electron chi connectivity index (χ1n) is 9.41. The van der Waals surface area contributed by atoms with Crippen LogP contribution >= 0.6 is 0 Å². The molecule has 6 heteroatoms. The van der Waals surface area contributed by atoms with E-state index in [-0.39, 0.29) is 6.03 Å². The molecular formula is C22H27N3O3. The molecule has 1 saturated heterocycles. The first kappa shape index (κ1) is 19.8. The van der Waals surface area contributed by atoms with Crippen LogP contribution in [0.5, 0.6) is 11.5 Å². The van der Waals surface area contributed by atoms with Crippen molar-refractivity contribution in [3.8, 4) is 11.5 Å². The summed E-state index contributed by atoms with van der Waals surface area (Å²) in [5.41, 5.74) is 1.84. The highest BCUT2D eigenvalue weighted by molar-refractivity contribution is 5.91. The molecule has 0 bridgehead atoms. The molecule has 1 N–H and O–H groups in total. The fourth-order valence-corrected chi connectivity index (χ4v) is 3.13. The number of carbonyl (C=O) groups is 1. The minimum atomic E-state index is -0.108. The summed E-state index contributed by atoms with van der Waals surface area (Å²) in [5, 5.41) is 2.94. The lowest BCUT2D eigenvalue weighted by molar-refractivity contribution is 0.156. The van der Waals surface area contributed by atoms with Crippen LogP contribution in [0.3, 0.4) is 0 Å². The first-order valence-corrected chi connectivity index (χ1v) is 9.41. The van der Waals surface area contributed by atoms with E-state index in [2.05, 4.69) is 34.5 Å². The van der Waals surface area contributed by atoms with Crippen molar-refractivity contribution in [2.45, 2.75) is 0 Å². The molecule has 2 amide bonds. The number of urea groups is 1. The van der Waals surface area contributed by atoms with Gasteiger partial charge in [-0.3, -0.25) is 4.90 Å². The lowest BCUT2D eigenvalue weighted by atomic mass is 10.2. The van der Waals surface area contributed by atoms with E-state index in [1.165, 1.54) is 5.56 Å². The van der Waals surface area contributed by atoms with Crippen LogP contribution < -0.4 is 14.8 Å². The van der Waals surface area contributed by atoms with Crippen LogP contribution in [0.1, 0.15) is 5.56 Å². The third-order valence-corrected chi connectivity index (χ3v) is 4.78. The van der Waals surface area contributed by atoms with Gasteiger partial charge in [0.25, 0.3) is 0 Å². The summed E-state index contributed by atoms with van der Waals surface area (Å²) >= 11 is 0. The van der Waals surface area contributed by atoms with Crippen LogP contribution in [0.15, 0.2) is 54.6 Å². The zero-order chi connectivity index (χ0) is 19.8. The number of piperazine rings is 1. The molecule has 1 fully saturated rings. The largest absolute Gasteiger partial charge is 0.497 e. The number of nitrogens with zero attached hydrogens (tertiary/aromatic N) is 2. The van der Waals surface area contributed by atoms with Crippen molar-refractivity contribution >= 4 is 17.8 Å². The van der Waals surface area contributed by atoms with E-state index in [1.54, 1.807) is 32.4 Å². The number of rotatable bonds is 6. The second kappa shape index (κ2) is 9.80. The molecule has 148 valence electrons. The third kappa shape index (κ3) is 5.27. The topological polar surface area (TPSA) is 54.0 Å². The Balaban J connectivity index is 1.48. The average molecular weight is 381 g/mol. The van der Waals surface area contributed by atoms with Crippen LogP contribution in [-0.4, -0.2) is 62.8 Å². The van der Waals surface area contributed by atoms with Crippen molar-refractivity contribution in [3.63, 3.8) is 0 Å². The van der Waals surface area contributed by atoms with Gasteiger partial charge in [0.2, 0.25) is 0 Å². The maximum Gasteiger partial charge on any atom is 0.322 e. The fraction of sp³-hybridized carbons (Fsp3) is 0.318. The zero-order valence-corrected chi connectivity index (χ0v) is 16.4. The normalized spacial score (nSPS) is 14.9. The Hall–Kier alpha value is -2.99. The molecule has 1 heterocycles. The summed E-state index contributed by atoms with van der Waals surface area (Å²) in [4.78, 5) is 16.8. The molecule has 0 unspecified atom stereocenters. The molecule has 0 saturated carbocycles. The van der Waals surface area contributed by atoms with Crippen LogP contribution in [0, 0.1) is 0 Å². The number of methoxy groups -OCH3 is 2. The number of carbonyl (C=O) groups excluding carboxylic acids is 1. The van der Waals surface area contributed by atoms with Gasteiger partial charge >= 0.3 is 6.03 Å². The molecule has 0 aliphatic carbocycles. The van der Waals surface area contributed by atoms with Gasteiger partial charge < -0.3 is 19.7 Å². The average Bonchev–Trinajstić information content (AvgIpc) is 2.75. The Kier molecular flexibility index (Phi) is 6.92. The number of hydrogen-bond donors (Lipinski definition) is 1. The van der Waals surface area contributed by atoms with E-state index in [9.17, 15) is 4.79 Å². The second-order valence-corrected chi connectivity index (χ2v) is 6.60. The van der Waals surface area contributed by atoms with Crippen LogP contribution in [0.2, 0.25) is 0 Å². The highest BCUT2D eigenvalue weighted by Crippen LogP contribution is 2.29. The van der Waals surface area contributed by atoms with E-state index < -0.39 is 0 Å². The van der Waals surface area contributed by atoms with Gasteiger partial charge in [0.1, 0.15) is 11.5 Å². The van der Waals surface area contributed by atoms with Gasteiger partial charge in [-0.1, -0.05) is 42.5 Å². The van der Waals surface area contributed by atoms with E-state index in [4.69, 9.17) is 9.47 Å². The van der Waals surface area contributed by atoms with E-state index in [1.807, 2.05) is 23.1 Å². The van der Waals surface area contributed by atoms with Gasteiger partial charge in [-0.25, -0.2) is 4.79 Å². The standard InChI is InChI=1S/C22H27N3O3/c1-27-19-10-11-20(21(17-19)28-2)23-22(26)25-15-13-24(14-16-25)12-6-9-18-7-4-3-5-8-18/h3-11,17H,12-16H2,1-2H3,(H,23,26). The highest BCUT2D eigenvalue weighted by Gasteiger charge is 2.21. The van der Waals surface area contributed by atoms with Crippen molar-refractivity contribution in [2.75, 3.05) is 52.3 Å². The van der Waals surface area contributed by atoms with Crippen molar-refractivity contribution < 1.29 is 14.3 Å². The van der Waals surface area contributed by atoms with Gasteiger partial charge in [0.15, 0.2) is 0 Å². The number of amides is 2. The Bertz CT molecular complexity index is 800. The predicted octanol–water partition coefficient (Wildman–Crippen LogP) is 3.57. The number of nitrogens with one attached hydrogen (secondary N) is 1. The minimum Gasteiger partial charge on any atom is -0.497 e. The summed E-state index contributed by atoms with van der Waals surface area (Å²) in [7, 11) is 3.17.